The highest BCUT2D eigenvalue weighted by Gasteiger charge is 2.13. The van der Waals surface area contributed by atoms with Crippen molar-refractivity contribution in [2.75, 3.05) is 13.1 Å². The number of aromatic nitrogens is 2. The van der Waals surface area contributed by atoms with Crippen LogP contribution in [0.2, 0.25) is 0 Å². The van der Waals surface area contributed by atoms with Crippen molar-refractivity contribution < 1.29 is 4.74 Å². The van der Waals surface area contributed by atoms with Crippen LogP contribution < -0.4 is 10.1 Å². The molecule has 1 heterocycles. The van der Waals surface area contributed by atoms with Gasteiger partial charge in [0.05, 0.1) is 11.8 Å². The molecule has 0 bridgehead atoms. The van der Waals surface area contributed by atoms with Crippen LogP contribution in [0, 0.1) is 13.8 Å². The fraction of sp³-hybridized carbons (Fsp3) is 0.769. The van der Waals surface area contributed by atoms with E-state index < -0.39 is 0 Å². The highest BCUT2D eigenvalue weighted by Crippen LogP contribution is 2.23. The molecule has 98 valence electrons. The normalized spacial score (nSPS) is 12.8. The Hall–Kier alpha value is -1.03. The van der Waals surface area contributed by atoms with Gasteiger partial charge in [-0.3, -0.25) is 4.68 Å². The minimum Gasteiger partial charge on any atom is -0.487 e. The van der Waals surface area contributed by atoms with Crippen LogP contribution in [0.25, 0.3) is 0 Å². The topological polar surface area (TPSA) is 39.1 Å². The summed E-state index contributed by atoms with van der Waals surface area (Å²) in [4.78, 5) is 0. The number of nitrogens with zero attached hydrogens (tertiary/aromatic N) is 2. The predicted molar refractivity (Wildman–Crippen MR) is 70.5 cm³/mol. The molecule has 0 saturated heterocycles. The largest absolute Gasteiger partial charge is 0.487 e. The van der Waals surface area contributed by atoms with Crippen LogP contribution in [-0.2, 0) is 7.05 Å². The van der Waals surface area contributed by atoms with Crippen LogP contribution in [0.5, 0.6) is 5.75 Å². The predicted octanol–water partition coefficient (Wildman–Crippen LogP) is 2.19. The number of nitrogens with one attached hydrogen (secondary N) is 1. The van der Waals surface area contributed by atoms with E-state index in [4.69, 9.17) is 4.74 Å². The second-order valence-corrected chi connectivity index (χ2v) is 4.55. The fourth-order valence-corrected chi connectivity index (χ4v) is 1.88. The summed E-state index contributed by atoms with van der Waals surface area (Å²) < 4.78 is 7.84. The average molecular weight is 239 g/mol. The van der Waals surface area contributed by atoms with E-state index in [0.29, 0.717) is 0 Å². The molecule has 1 unspecified atom stereocenters. The van der Waals surface area contributed by atoms with Crippen molar-refractivity contribution in [3.8, 4) is 5.75 Å². The molecule has 0 amide bonds. The molecule has 0 spiro atoms. The first-order valence-electron chi connectivity index (χ1n) is 6.43. The molecule has 0 aliphatic carbocycles. The van der Waals surface area contributed by atoms with Crippen LogP contribution in [0.3, 0.4) is 0 Å². The summed E-state index contributed by atoms with van der Waals surface area (Å²) in [7, 11) is 1.95. The Morgan fingerprint density at radius 3 is 2.65 bits per heavy atom. The molecule has 0 aliphatic rings. The minimum absolute atomic E-state index is 0.246. The van der Waals surface area contributed by atoms with Crippen molar-refractivity contribution in [1.29, 1.82) is 0 Å². The summed E-state index contributed by atoms with van der Waals surface area (Å²) in [5.74, 6) is 0.948. The van der Waals surface area contributed by atoms with Crippen molar-refractivity contribution >= 4 is 0 Å². The van der Waals surface area contributed by atoms with Gasteiger partial charge in [-0.15, -0.1) is 0 Å². The Labute approximate surface area is 104 Å². The van der Waals surface area contributed by atoms with Crippen LogP contribution in [-0.4, -0.2) is 29.0 Å². The Morgan fingerprint density at radius 2 is 2.12 bits per heavy atom. The van der Waals surface area contributed by atoms with Gasteiger partial charge in [-0.2, -0.15) is 5.10 Å². The van der Waals surface area contributed by atoms with Gasteiger partial charge < -0.3 is 10.1 Å². The van der Waals surface area contributed by atoms with Crippen LogP contribution in [0.1, 0.15) is 38.1 Å². The van der Waals surface area contributed by atoms with Crippen LogP contribution in [0.15, 0.2) is 0 Å². The van der Waals surface area contributed by atoms with Crippen molar-refractivity contribution in [2.24, 2.45) is 7.05 Å². The van der Waals surface area contributed by atoms with Gasteiger partial charge in [-0.05, 0) is 46.7 Å². The molecule has 1 aromatic rings. The maximum atomic E-state index is 5.97. The molecule has 4 heteroatoms. The van der Waals surface area contributed by atoms with E-state index in [0.717, 1.165) is 43.1 Å². The van der Waals surface area contributed by atoms with E-state index in [1.165, 1.54) is 0 Å². The minimum atomic E-state index is 0.246. The molecule has 0 fully saturated rings. The van der Waals surface area contributed by atoms with Gasteiger partial charge in [0.25, 0.3) is 0 Å². The molecule has 17 heavy (non-hydrogen) atoms. The van der Waals surface area contributed by atoms with Gasteiger partial charge in [0.1, 0.15) is 5.69 Å². The Kier molecular flexibility index (Phi) is 5.48. The number of hydrogen-bond donors (Lipinski definition) is 1. The van der Waals surface area contributed by atoms with Crippen molar-refractivity contribution in [3.63, 3.8) is 0 Å². The maximum Gasteiger partial charge on any atom is 0.163 e. The summed E-state index contributed by atoms with van der Waals surface area (Å²) in [6, 6.07) is 0. The summed E-state index contributed by atoms with van der Waals surface area (Å²) in [6.45, 7) is 10.4. The van der Waals surface area contributed by atoms with E-state index in [1.54, 1.807) is 0 Å². The van der Waals surface area contributed by atoms with E-state index in [1.807, 2.05) is 25.6 Å². The lowest BCUT2D eigenvalue weighted by molar-refractivity contribution is 0.204. The number of rotatable bonds is 7. The van der Waals surface area contributed by atoms with Crippen molar-refractivity contribution in [3.05, 3.63) is 11.4 Å². The SMILES string of the molecule is CCNCCCC(C)Oc1c(C)nn(C)c1C. The molecule has 1 aromatic heterocycles. The van der Waals surface area contributed by atoms with Crippen LogP contribution >= 0.6 is 0 Å². The highest BCUT2D eigenvalue weighted by molar-refractivity contribution is 5.31. The Bertz CT molecular complexity index is 347. The average Bonchev–Trinajstić information content (AvgIpc) is 2.52. The molecule has 1 atom stereocenters. The molecular formula is C13H25N3O. The lowest BCUT2D eigenvalue weighted by Gasteiger charge is -2.15. The van der Waals surface area contributed by atoms with Gasteiger partial charge in [0, 0.05) is 7.05 Å². The molecule has 0 saturated carbocycles. The quantitative estimate of drug-likeness (QED) is 0.741. The highest BCUT2D eigenvalue weighted by atomic mass is 16.5. The number of hydrogen-bond acceptors (Lipinski definition) is 3. The third-order valence-corrected chi connectivity index (χ3v) is 2.98. The number of aryl methyl sites for hydroxylation is 2. The standard InChI is InChI=1S/C13H25N3O/c1-6-14-9-7-8-10(2)17-13-11(3)15-16(5)12(13)4/h10,14H,6-9H2,1-5H3. The molecule has 1 N–H and O–H groups in total. The zero-order chi connectivity index (χ0) is 12.8. The second-order valence-electron chi connectivity index (χ2n) is 4.55. The Balaban J connectivity index is 2.42. The monoisotopic (exact) mass is 239 g/mol. The third kappa shape index (κ3) is 4.04. The molecule has 4 nitrogen and oxygen atoms in total. The molecular weight excluding hydrogens is 214 g/mol. The third-order valence-electron chi connectivity index (χ3n) is 2.98. The molecule has 1 rings (SSSR count). The van der Waals surface area contributed by atoms with E-state index in [9.17, 15) is 0 Å². The first kappa shape index (κ1) is 14.0. The molecule has 0 radical (unpaired) electrons. The van der Waals surface area contributed by atoms with Gasteiger partial charge in [-0.1, -0.05) is 6.92 Å². The van der Waals surface area contributed by atoms with Crippen molar-refractivity contribution in [1.82, 2.24) is 15.1 Å². The first-order valence-corrected chi connectivity index (χ1v) is 6.43. The molecule has 0 aromatic carbocycles. The van der Waals surface area contributed by atoms with Crippen molar-refractivity contribution in [2.45, 2.75) is 46.6 Å². The van der Waals surface area contributed by atoms with Gasteiger partial charge in [-0.25, -0.2) is 0 Å². The molecule has 0 aliphatic heterocycles. The Morgan fingerprint density at radius 1 is 1.41 bits per heavy atom. The summed E-state index contributed by atoms with van der Waals surface area (Å²) in [5.41, 5.74) is 2.07. The zero-order valence-electron chi connectivity index (χ0n) is 11.7. The fourth-order valence-electron chi connectivity index (χ4n) is 1.88. The zero-order valence-corrected chi connectivity index (χ0v) is 11.7. The van der Waals surface area contributed by atoms with Gasteiger partial charge in [0.2, 0.25) is 0 Å². The maximum absolute atomic E-state index is 5.97. The summed E-state index contributed by atoms with van der Waals surface area (Å²) in [6.07, 6.45) is 2.46. The van der Waals surface area contributed by atoms with Gasteiger partial charge in [0.15, 0.2) is 5.75 Å². The summed E-state index contributed by atoms with van der Waals surface area (Å²) in [5, 5.41) is 7.68. The van der Waals surface area contributed by atoms with Crippen LogP contribution in [0.4, 0.5) is 0 Å². The van der Waals surface area contributed by atoms with E-state index in [-0.39, 0.29) is 6.10 Å². The summed E-state index contributed by atoms with van der Waals surface area (Å²) >= 11 is 0. The smallest absolute Gasteiger partial charge is 0.163 e. The van der Waals surface area contributed by atoms with E-state index in [2.05, 4.69) is 24.3 Å². The first-order chi connectivity index (χ1) is 8.06. The lowest BCUT2D eigenvalue weighted by atomic mass is 10.2. The van der Waals surface area contributed by atoms with Gasteiger partial charge >= 0.3 is 0 Å². The second kappa shape index (κ2) is 6.64. The van der Waals surface area contributed by atoms with E-state index >= 15 is 0 Å². The lowest BCUT2D eigenvalue weighted by Crippen LogP contribution is -2.18. The number of ether oxygens (including phenoxy) is 1.